The van der Waals surface area contributed by atoms with Gasteiger partial charge >= 0.3 is 5.97 Å². The van der Waals surface area contributed by atoms with Gasteiger partial charge in [0.2, 0.25) is 41.4 Å². The number of carboxylic acids is 1. The molecule has 0 spiro atoms. The van der Waals surface area contributed by atoms with Gasteiger partial charge in [-0.3, -0.25) is 33.6 Å². The number of aromatic amines is 2. The zero-order valence-electron chi connectivity index (χ0n) is 40.1. The molecule has 21 heteroatoms. The number of para-hydroxylation sites is 2. The molecular formula is C51H62N10O11. The maximum Gasteiger partial charge on any atom is 0.326 e. The van der Waals surface area contributed by atoms with E-state index in [-0.39, 0.29) is 50.4 Å². The number of amides is 7. The van der Waals surface area contributed by atoms with Crippen LogP contribution >= 0.6 is 0 Å². The largest absolute Gasteiger partial charge is 0.508 e. The first-order valence-electron chi connectivity index (χ1n) is 24.1. The maximum atomic E-state index is 14.2. The van der Waals surface area contributed by atoms with Crippen molar-refractivity contribution in [3.63, 3.8) is 0 Å². The van der Waals surface area contributed by atoms with Crippen LogP contribution in [0.4, 0.5) is 0 Å². The van der Waals surface area contributed by atoms with Crippen molar-refractivity contribution in [1.82, 2.24) is 46.4 Å². The fourth-order valence-corrected chi connectivity index (χ4v) is 9.43. The first kappa shape index (κ1) is 52.1. The number of aromatic hydroxyl groups is 1. The number of aromatic nitrogens is 2. The van der Waals surface area contributed by atoms with Crippen LogP contribution in [0, 0.1) is 5.92 Å². The minimum Gasteiger partial charge on any atom is -0.508 e. The second-order valence-corrected chi connectivity index (χ2v) is 18.7. The summed E-state index contributed by atoms with van der Waals surface area (Å²) in [6, 6.07) is 12.4. The van der Waals surface area contributed by atoms with Gasteiger partial charge < -0.3 is 67.4 Å². The zero-order valence-corrected chi connectivity index (χ0v) is 40.1. The van der Waals surface area contributed by atoms with Gasteiger partial charge in [-0.2, -0.15) is 0 Å². The van der Waals surface area contributed by atoms with E-state index >= 15 is 0 Å². The molecule has 7 amide bonds. The van der Waals surface area contributed by atoms with Gasteiger partial charge in [-0.1, -0.05) is 62.4 Å². The molecule has 7 rings (SSSR count). The Kier molecular flexibility index (Phi) is 16.9. The number of likely N-dealkylation sites (tertiary alicyclic amines) is 2. The number of aliphatic carboxylic acids is 1. The summed E-state index contributed by atoms with van der Waals surface area (Å²) >= 11 is 0. The number of nitrogens with two attached hydrogens (primary N) is 1. The number of aliphatic hydroxyl groups is 1. The molecule has 4 heterocycles. The predicted octanol–water partition coefficient (Wildman–Crippen LogP) is 0.480. The van der Waals surface area contributed by atoms with E-state index < -0.39 is 103 Å². The van der Waals surface area contributed by atoms with Crippen molar-refractivity contribution in [1.29, 1.82) is 0 Å². The van der Waals surface area contributed by atoms with Crippen LogP contribution in [0.15, 0.2) is 85.2 Å². The fraction of sp³-hybridized carbons (Fsp3) is 0.412. The van der Waals surface area contributed by atoms with Crippen LogP contribution in [0.2, 0.25) is 0 Å². The van der Waals surface area contributed by atoms with E-state index in [4.69, 9.17) is 5.73 Å². The average molecular weight is 991 g/mol. The van der Waals surface area contributed by atoms with Crippen LogP contribution in [0.25, 0.3) is 21.8 Å². The second kappa shape index (κ2) is 23.4. The van der Waals surface area contributed by atoms with Crippen molar-refractivity contribution in [3.05, 3.63) is 102 Å². The van der Waals surface area contributed by atoms with Crippen LogP contribution in [0.5, 0.6) is 5.75 Å². The van der Waals surface area contributed by atoms with Crippen LogP contribution in [-0.4, -0.2) is 151 Å². The van der Waals surface area contributed by atoms with E-state index in [9.17, 15) is 53.7 Å². The van der Waals surface area contributed by atoms with Gasteiger partial charge in [0.05, 0.1) is 19.2 Å². The molecule has 3 aromatic carbocycles. The number of fused-ring (bicyclic) bond motifs is 2. The molecule has 2 aromatic heterocycles. The van der Waals surface area contributed by atoms with E-state index in [1.807, 2.05) is 36.4 Å². The molecule has 2 saturated heterocycles. The molecule has 0 saturated carbocycles. The minimum absolute atomic E-state index is 0.0278. The Bertz CT molecular complexity index is 2790. The highest BCUT2D eigenvalue weighted by Gasteiger charge is 2.44. The Morgan fingerprint density at radius 3 is 1.86 bits per heavy atom. The number of aliphatic hydroxyl groups excluding tert-OH is 1. The monoisotopic (exact) mass is 990 g/mol. The summed E-state index contributed by atoms with van der Waals surface area (Å²) in [5, 5.41) is 44.3. The number of rotatable bonds is 21. The Balaban J connectivity index is 0.942. The van der Waals surface area contributed by atoms with E-state index in [1.54, 1.807) is 38.4 Å². The van der Waals surface area contributed by atoms with Crippen molar-refractivity contribution in [2.24, 2.45) is 11.7 Å². The number of H-pyrrole nitrogens is 2. The molecule has 7 atom stereocenters. The van der Waals surface area contributed by atoms with Gasteiger partial charge in [-0.25, -0.2) is 4.79 Å². The summed E-state index contributed by atoms with van der Waals surface area (Å²) in [6.07, 6.45) is 5.02. The molecule has 72 heavy (non-hydrogen) atoms. The molecule has 382 valence electrons. The molecule has 2 aliphatic rings. The molecular weight excluding hydrogens is 929 g/mol. The summed E-state index contributed by atoms with van der Waals surface area (Å²) in [4.78, 5) is 118. The van der Waals surface area contributed by atoms with Crippen molar-refractivity contribution in [2.75, 3.05) is 26.2 Å². The summed E-state index contributed by atoms with van der Waals surface area (Å²) in [5.41, 5.74) is 9.98. The molecule has 0 unspecified atom stereocenters. The number of benzene rings is 3. The Morgan fingerprint density at radius 1 is 0.681 bits per heavy atom. The third-order valence-corrected chi connectivity index (χ3v) is 13.3. The van der Waals surface area contributed by atoms with Gasteiger partial charge in [0.1, 0.15) is 42.0 Å². The lowest BCUT2D eigenvalue weighted by molar-refractivity contribution is -0.148. The number of nitrogens with zero attached hydrogens (tertiary/aromatic N) is 2. The molecule has 0 radical (unpaired) electrons. The summed E-state index contributed by atoms with van der Waals surface area (Å²) in [5.74, 6) is -6.47. The highest BCUT2D eigenvalue weighted by atomic mass is 16.4. The van der Waals surface area contributed by atoms with Crippen LogP contribution in [-0.2, 0) is 57.6 Å². The van der Waals surface area contributed by atoms with Gasteiger partial charge in [0.15, 0.2) is 0 Å². The highest BCUT2D eigenvalue weighted by molar-refractivity contribution is 5.98. The molecule has 5 aromatic rings. The number of carbonyl (C=O) groups excluding carboxylic acids is 7. The van der Waals surface area contributed by atoms with Crippen molar-refractivity contribution < 1.29 is 53.7 Å². The zero-order chi connectivity index (χ0) is 51.6. The Hall–Kier alpha value is -7.78. The average Bonchev–Trinajstić information content (AvgIpc) is 4.21. The first-order valence-corrected chi connectivity index (χ1v) is 24.1. The molecule has 2 fully saturated rings. The lowest BCUT2D eigenvalue weighted by Gasteiger charge is -2.34. The van der Waals surface area contributed by atoms with Gasteiger partial charge in [0.25, 0.3) is 0 Å². The Morgan fingerprint density at radius 2 is 1.25 bits per heavy atom. The lowest BCUT2D eigenvalue weighted by atomic mass is 10.00. The van der Waals surface area contributed by atoms with E-state index in [0.29, 0.717) is 30.4 Å². The van der Waals surface area contributed by atoms with E-state index in [2.05, 4.69) is 36.6 Å². The van der Waals surface area contributed by atoms with E-state index in [0.717, 1.165) is 27.4 Å². The fourth-order valence-electron chi connectivity index (χ4n) is 9.43. The normalized spacial score (nSPS) is 17.7. The number of carbonyl (C=O) groups is 8. The summed E-state index contributed by atoms with van der Waals surface area (Å²) < 4.78 is 0. The number of carboxylic acid groups (broad SMARTS) is 1. The predicted molar refractivity (Wildman–Crippen MR) is 264 cm³/mol. The number of phenols is 1. The SMILES string of the molecule is CC(C)[C@H](NC(=O)[C@@H](N)Cc1c[nH]c2ccccc12)C(=O)N1CCC[C@H]1C(=O)N1CCC[C@H]1C(=O)NCC(=O)N[C@@H](CO)C(=O)N[C@@H](Cc1c[nH]c2ccccc12)C(=O)N[C@@H](Cc1ccc(O)cc1)C(=O)O. The van der Waals surface area contributed by atoms with Gasteiger partial charge in [-0.15, -0.1) is 0 Å². The van der Waals surface area contributed by atoms with Crippen LogP contribution in [0.1, 0.15) is 56.2 Å². The molecule has 2 aliphatic heterocycles. The molecule has 0 bridgehead atoms. The van der Waals surface area contributed by atoms with Crippen molar-refractivity contribution in [3.8, 4) is 5.75 Å². The summed E-state index contributed by atoms with van der Waals surface area (Å²) in [6.45, 7) is 2.50. The number of nitrogens with one attached hydrogen (secondary N) is 7. The Labute approximate surface area is 414 Å². The second-order valence-electron chi connectivity index (χ2n) is 18.7. The molecule has 0 aliphatic carbocycles. The number of phenolic OH excluding ortho intramolecular Hbond substituents is 1. The number of hydrogen-bond acceptors (Lipinski definition) is 11. The van der Waals surface area contributed by atoms with Crippen LogP contribution < -0.4 is 32.3 Å². The van der Waals surface area contributed by atoms with Crippen LogP contribution in [0.3, 0.4) is 0 Å². The highest BCUT2D eigenvalue weighted by Crippen LogP contribution is 2.27. The quantitative estimate of drug-likeness (QED) is 0.0479. The van der Waals surface area contributed by atoms with E-state index in [1.165, 1.54) is 34.1 Å². The van der Waals surface area contributed by atoms with Crippen molar-refractivity contribution >= 4 is 69.1 Å². The third kappa shape index (κ3) is 12.4. The summed E-state index contributed by atoms with van der Waals surface area (Å²) in [7, 11) is 0. The minimum atomic E-state index is -1.61. The van der Waals surface area contributed by atoms with Gasteiger partial charge in [-0.05, 0) is 79.0 Å². The molecule has 21 nitrogen and oxygen atoms in total. The van der Waals surface area contributed by atoms with Gasteiger partial charge in [0, 0.05) is 60.1 Å². The maximum absolute atomic E-state index is 14.2. The topological polar surface area (TPSA) is 321 Å². The standard InChI is InChI=1S/C51H62N10O11/c1-28(2)44(59-45(65)35(52)22-30-24-53-36-11-5-3-9-33(30)36)50(70)61-20-8-14-42(61)49(69)60-19-7-13-41(60)48(68)55-26-43(64)56-40(27-62)47(67)57-38(23-31-25-54-37-12-6-4-10-34(31)37)46(66)58-39(51(71)72)21-29-15-17-32(63)18-16-29/h3-6,9-12,15-18,24-25,28,35,38-42,44,53-54,62-63H,7-8,13-14,19-23,26-27,52H2,1-2H3,(H,55,68)(H,56,64)(H,57,67)(H,58,66)(H,59,65)(H,71,72)/t35-,38-,39-,40-,41-,42-,44-/m0/s1. The van der Waals surface area contributed by atoms with Crippen molar-refractivity contribution in [2.45, 2.75) is 101 Å². The first-order chi connectivity index (χ1) is 34.5. The third-order valence-electron chi connectivity index (χ3n) is 13.3. The lowest BCUT2D eigenvalue weighted by Crippen LogP contribution is -2.59. The smallest absolute Gasteiger partial charge is 0.326 e. The number of hydrogen-bond donors (Lipinski definition) is 11. The molecule has 12 N–H and O–H groups in total.